The van der Waals surface area contributed by atoms with E-state index in [4.69, 9.17) is 4.74 Å². The van der Waals surface area contributed by atoms with Gasteiger partial charge in [-0.05, 0) is 58.4 Å². The summed E-state index contributed by atoms with van der Waals surface area (Å²) >= 11 is 4.28. The largest absolute Gasteiger partial charge is 0.481 e. The lowest BCUT2D eigenvalue weighted by Crippen LogP contribution is -2.27. The molecule has 0 radical (unpaired) electrons. The molecule has 0 unspecified atom stereocenters. The number of hydrogen-bond acceptors (Lipinski definition) is 6. The van der Waals surface area contributed by atoms with Crippen molar-refractivity contribution in [3.8, 4) is 5.75 Å². The van der Waals surface area contributed by atoms with Crippen LogP contribution in [0.15, 0.2) is 70.0 Å². The number of carbonyl (C=O) groups excluding carboxylic acids is 3. The molecule has 1 aliphatic heterocycles. The second-order valence-electron chi connectivity index (χ2n) is 7.00. The van der Waals surface area contributed by atoms with Crippen molar-refractivity contribution in [3.63, 3.8) is 0 Å². The number of methoxy groups -OCH3 is 1. The smallest absolute Gasteiger partial charge is 0.343 e. The number of ether oxygens (including phenoxy) is 2. The molecule has 1 fully saturated rings. The molecule has 0 aliphatic carbocycles. The van der Waals surface area contributed by atoms with Crippen LogP contribution in [0.1, 0.15) is 11.1 Å². The fraction of sp³-hybridized carbons (Fsp3) is 0.125. The van der Waals surface area contributed by atoms with Gasteiger partial charge in [0.1, 0.15) is 5.75 Å². The maximum Gasteiger partial charge on any atom is 0.343 e. The van der Waals surface area contributed by atoms with Gasteiger partial charge in [-0.3, -0.25) is 14.5 Å². The van der Waals surface area contributed by atoms with Crippen LogP contribution >= 0.6 is 27.7 Å². The Morgan fingerprint density at radius 3 is 2.62 bits per heavy atom. The number of thioether (sulfide) groups is 1. The third kappa shape index (κ3) is 4.87. The van der Waals surface area contributed by atoms with Gasteiger partial charge in [-0.25, -0.2) is 4.79 Å². The van der Waals surface area contributed by atoms with Crippen LogP contribution in [0.25, 0.3) is 16.8 Å². The molecule has 0 aromatic heterocycles. The molecule has 32 heavy (non-hydrogen) atoms. The molecule has 3 aromatic rings. The first-order valence-electron chi connectivity index (χ1n) is 9.67. The molecular formula is C24H18BrNO5S. The predicted octanol–water partition coefficient (Wildman–Crippen LogP) is 5.39. The van der Waals surface area contributed by atoms with Gasteiger partial charge in [-0.2, -0.15) is 0 Å². The van der Waals surface area contributed by atoms with E-state index in [9.17, 15) is 14.4 Å². The van der Waals surface area contributed by atoms with Crippen molar-refractivity contribution in [2.45, 2.75) is 6.54 Å². The highest BCUT2D eigenvalue weighted by molar-refractivity contribution is 9.10. The van der Waals surface area contributed by atoms with E-state index in [0.717, 1.165) is 32.6 Å². The summed E-state index contributed by atoms with van der Waals surface area (Å²) in [6, 6.07) is 19.0. The summed E-state index contributed by atoms with van der Waals surface area (Å²) in [4.78, 5) is 38.5. The molecule has 1 aliphatic rings. The molecule has 162 valence electrons. The van der Waals surface area contributed by atoms with Gasteiger partial charge in [0, 0.05) is 10.0 Å². The van der Waals surface area contributed by atoms with E-state index in [1.165, 1.54) is 12.0 Å². The Balaban J connectivity index is 1.57. The van der Waals surface area contributed by atoms with E-state index in [0.29, 0.717) is 11.3 Å². The second-order valence-corrected chi connectivity index (χ2v) is 8.91. The zero-order valence-electron chi connectivity index (χ0n) is 17.0. The number of fused-ring (bicyclic) bond motifs is 1. The Morgan fingerprint density at radius 1 is 1.06 bits per heavy atom. The van der Waals surface area contributed by atoms with Crippen molar-refractivity contribution in [2.75, 3.05) is 13.7 Å². The van der Waals surface area contributed by atoms with E-state index in [1.807, 2.05) is 42.5 Å². The maximum absolute atomic E-state index is 13.0. The van der Waals surface area contributed by atoms with Gasteiger partial charge in [0.05, 0.1) is 18.6 Å². The summed E-state index contributed by atoms with van der Waals surface area (Å²) in [6.45, 7) is -0.0700. The Labute approximate surface area is 197 Å². The Kier molecular flexibility index (Phi) is 6.62. The van der Waals surface area contributed by atoms with Crippen LogP contribution in [0.2, 0.25) is 0 Å². The molecule has 0 N–H and O–H groups in total. The highest BCUT2D eigenvalue weighted by Gasteiger charge is 2.35. The van der Waals surface area contributed by atoms with Crippen LogP contribution < -0.4 is 4.74 Å². The van der Waals surface area contributed by atoms with Gasteiger partial charge in [0.2, 0.25) is 0 Å². The molecule has 8 heteroatoms. The quantitative estimate of drug-likeness (QED) is 0.326. The fourth-order valence-electron chi connectivity index (χ4n) is 3.26. The molecule has 0 spiro atoms. The number of benzene rings is 3. The van der Waals surface area contributed by atoms with Crippen molar-refractivity contribution in [1.82, 2.24) is 4.90 Å². The highest BCUT2D eigenvalue weighted by atomic mass is 79.9. The number of rotatable bonds is 6. The van der Waals surface area contributed by atoms with Crippen LogP contribution in [-0.4, -0.2) is 35.7 Å². The minimum atomic E-state index is -0.519. The first kappa shape index (κ1) is 22.1. The summed E-state index contributed by atoms with van der Waals surface area (Å²) in [5, 5.41) is 1.81. The highest BCUT2D eigenvalue weighted by Crippen LogP contribution is 2.36. The number of halogens is 1. The average Bonchev–Trinajstić information content (AvgIpc) is 3.05. The summed E-state index contributed by atoms with van der Waals surface area (Å²) in [7, 11) is 1.28. The number of esters is 1. The van der Waals surface area contributed by atoms with Crippen molar-refractivity contribution in [2.24, 2.45) is 0 Å². The van der Waals surface area contributed by atoms with Crippen LogP contribution in [0.5, 0.6) is 5.75 Å². The monoisotopic (exact) mass is 511 g/mol. The van der Waals surface area contributed by atoms with E-state index in [2.05, 4.69) is 20.7 Å². The standard InChI is InChI=1S/C24H18BrNO5S/c1-30-22(27)14-31-20-9-8-19(25)11-18(20)12-21-23(28)26(24(29)32-21)13-15-6-7-16-4-2-3-5-17(16)10-15/h2-12H,13-14H2,1H3/b21-12-. The van der Waals surface area contributed by atoms with Crippen molar-refractivity contribution < 1.29 is 23.9 Å². The van der Waals surface area contributed by atoms with E-state index in [-0.39, 0.29) is 29.2 Å². The third-order valence-electron chi connectivity index (χ3n) is 4.86. The molecule has 0 saturated carbocycles. The molecule has 0 bridgehead atoms. The third-order valence-corrected chi connectivity index (χ3v) is 6.26. The van der Waals surface area contributed by atoms with Gasteiger partial charge in [-0.1, -0.05) is 52.3 Å². The zero-order chi connectivity index (χ0) is 22.7. The number of carbonyl (C=O) groups is 3. The van der Waals surface area contributed by atoms with Crippen molar-refractivity contribution in [3.05, 3.63) is 81.2 Å². The molecule has 6 nitrogen and oxygen atoms in total. The van der Waals surface area contributed by atoms with E-state index < -0.39 is 5.97 Å². The van der Waals surface area contributed by atoms with Crippen LogP contribution in [0.4, 0.5) is 4.79 Å². The normalized spacial score (nSPS) is 14.9. The van der Waals surface area contributed by atoms with Crippen LogP contribution in [-0.2, 0) is 20.9 Å². The lowest BCUT2D eigenvalue weighted by atomic mass is 10.1. The minimum Gasteiger partial charge on any atom is -0.481 e. The summed E-state index contributed by atoms with van der Waals surface area (Å²) in [6.07, 6.45) is 1.60. The Bertz CT molecular complexity index is 1260. The first-order chi connectivity index (χ1) is 15.4. The minimum absolute atomic E-state index is 0.191. The molecule has 1 saturated heterocycles. The van der Waals surface area contributed by atoms with Gasteiger partial charge < -0.3 is 9.47 Å². The van der Waals surface area contributed by atoms with Gasteiger partial charge in [0.25, 0.3) is 11.1 Å². The lowest BCUT2D eigenvalue weighted by molar-refractivity contribution is -0.142. The summed E-state index contributed by atoms with van der Waals surface area (Å²) < 4.78 is 10.9. The summed E-state index contributed by atoms with van der Waals surface area (Å²) in [5.41, 5.74) is 1.44. The number of imide groups is 1. The van der Waals surface area contributed by atoms with Crippen LogP contribution in [0, 0.1) is 0 Å². The fourth-order valence-corrected chi connectivity index (χ4v) is 4.46. The van der Waals surface area contributed by atoms with Crippen molar-refractivity contribution in [1.29, 1.82) is 0 Å². The van der Waals surface area contributed by atoms with Gasteiger partial charge >= 0.3 is 5.97 Å². The number of nitrogens with zero attached hydrogens (tertiary/aromatic N) is 1. The van der Waals surface area contributed by atoms with E-state index in [1.54, 1.807) is 24.3 Å². The number of hydrogen-bond donors (Lipinski definition) is 0. The SMILES string of the molecule is COC(=O)COc1ccc(Br)cc1/C=C1\SC(=O)N(Cc2ccc3ccccc3c2)C1=O. The maximum atomic E-state index is 13.0. The molecule has 1 heterocycles. The van der Waals surface area contributed by atoms with Gasteiger partial charge in [-0.15, -0.1) is 0 Å². The molecular weight excluding hydrogens is 494 g/mol. The van der Waals surface area contributed by atoms with Crippen LogP contribution in [0.3, 0.4) is 0 Å². The predicted molar refractivity (Wildman–Crippen MR) is 127 cm³/mol. The molecule has 0 atom stereocenters. The van der Waals surface area contributed by atoms with Crippen molar-refractivity contribution >= 4 is 61.7 Å². The average molecular weight is 512 g/mol. The molecule has 3 aromatic carbocycles. The molecule has 4 rings (SSSR count). The first-order valence-corrected chi connectivity index (χ1v) is 11.3. The van der Waals surface area contributed by atoms with Gasteiger partial charge in [0.15, 0.2) is 6.61 Å². The van der Waals surface area contributed by atoms with E-state index >= 15 is 0 Å². The Morgan fingerprint density at radius 2 is 1.84 bits per heavy atom. The number of amides is 2. The summed E-state index contributed by atoms with van der Waals surface area (Å²) in [5.74, 6) is -0.485. The molecule has 2 amide bonds. The second kappa shape index (κ2) is 9.58. The topological polar surface area (TPSA) is 72.9 Å². The Hall–Kier alpha value is -3.10. The lowest BCUT2D eigenvalue weighted by Gasteiger charge is -2.13. The zero-order valence-corrected chi connectivity index (χ0v) is 19.4.